The number of carbonyl (C=O) groups is 1. The number of rotatable bonds is 4. The highest BCUT2D eigenvalue weighted by molar-refractivity contribution is 5.87. The lowest BCUT2D eigenvalue weighted by molar-refractivity contribution is 0.0520. The van der Waals surface area contributed by atoms with E-state index in [0.29, 0.717) is 0 Å². The smallest absolute Gasteiger partial charge is 0.408 e. The van der Waals surface area contributed by atoms with Gasteiger partial charge in [-0.2, -0.15) is 0 Å². The van der Waals surface area contributed by atoms with Crippen molar-refractivity contribution in [3.8, 4) is 0 Å². The first-order valence-corrected chi connectivity index (χ1v) is 8.82. The van der Waals surface area contributed by atoms with Crippen molar-refractivity contribution in [2.75, 3.05) is 20.1 Å². The average molecular weight is 346 g/mol. The maximum absolute atomic E-state index is 12.5. The summed E-state index contributed by atoms with van der Waals surface area (Å²) in [6.07, 6.45) is -0.380. The van der Waals surface area contributed by atoms with E-state index in [1.54, 1.807) is 0 Å². The Morgan fingerprint density at radius 2 is 1.69 bits per heavy atom. The van der Waals surface area contributed by atoms with Crippen LogP contribution >= 0.6 is 0 Å². The van der Waals surface area contributed by atoms with Crippen LogP contribution in [0.2, 0.25) is 0 Å². The third kappa shape index (κ3) is 3.16. The zero-order chi connectivity index (χ0) is 18.0. The van der Waals surface area contributed by atoms with Gasteiger partial charge in [0.1, 0.15) is 6.61 Å². The van der Waals surface area contributed by atoms with Gasteiger partial charge in [0.2, 0.25) is 0 Å². The summed E-state index contributed by atoms with van der Waals surface area (Å²) in [5.74, 6) is 0. The number of carbonyl (C=O) groups excluding carboxylic acids is 1. The second-order valence-electron chi connectivity index (χ2n) is 6.97. The molecule has 1 aliphatic heterocycles. The Labute approximate surface area is 153 Å². The molecule has 1 heterocycles. The van der Waals surface area contributed by atoms with E-state index >= 15 is 0 Å². The van der Waals surface area contributed by atoms with Crippen molar-refractivity contribution in [1.82, 2.24) is 10.2 Å². The fourth-order valence-electron chi connectivity index (χ4n) is 3.79. The Morgan fingerprint density at radius 1 is 1.00 bits per heavy atom. The fraction of sp³-hybridized carbons (Fsp3) is 0.227. The molecule has 0 unspecified atom stereocenters. The monoisotopic (exact) mass is 346 g/mol. The standard InChI is InChI=1S/C22H22N2O2/c1-24-15-22(16-24,20-13-7-11-18-10-5-6-12-19(18)20)23-21(25)26-14-17-8-3-2-4-9-17/h2-13H,14-16H2,1H3,(H,23,25). The van der Waals surface area contributed by atoms with Gasteiger partial charge < -0.3 is 15.0 Å². The molecule has 3 aromatic rings. The topological polar surface area (TPSA) is 41.6 Å². The Morgan fingerprint density at radius 3 is 2.46 bits per heavy atom. The summed E-state index contributed by atoms with van der Waals surface area (Å²) in [6.45, 7) is 1.80. The van der Waals surface area contributed by atoms with Gasteiger partial charge in [-0.25, -0.2) is 4.79 Å². The number of ether oxygens (including phenoxy) is 1. The van der Waals surface area contributed by atoms with Crippen molar-refractivity contribution >= 4 is 16.9 Å². The summed E-state index contributed by atoms with van der Waals surface area (Å²) >= 11 is 0. The molecular formula is C22H22N2O2. The number of benzene rings is 3. The first-order chi connectivity index (χ1) is 12.7. The Kier molecular flexibility index (Phi) is 4.35. The first-order valence-electron chi connectivity index (χ1n) is 8.82. The molecule has 0 spiro atoms. The minimum atomic E-state index is -0.413. The zero-order valence-electron chi connectivity index (χ0n) is 14.8. The van der Waals surface area contributed by atoms with Crippen LogP contribution in [0.25, 0.3) is 10.8 Å². The lowest BCUT2D eigenvalue weighted by atomic mass is 9.80. The van der Waals surface area contributed by atoms with Crippen LogP contribution in [0.3, 0.4) is 0 Å². The maximum atomic E-state index is 12.5. The van der Waals surface area contributed by atoms with Crippen LogP contribution < -0.4 is 5.32 Å². The molecule has 0 saturated carbocycles. The number of alkyl carbamates (subject to hydrolysis) is 1. The number of amides is 1. The number of nitrogens with one attached hydrogen (secondary N) is 1. The molecule has 1 amide bonds. The number of likely N-dealkylation sites (N-methyl/N-ethyl adjacent to an activating group) is 1. The summed E-state index contributed by atoms with van der Waals surface area (Å²) in [6, 6.07) is 24.3. The summed E-state index contributed by atoms with van der Waals surface area (Å²) in [5, 5.41) is 5.49. The second-order valence-corrected chi connectivity index (χ2v) is 6.97. The van der Waals surface area contributed by atoms with E-state index in [9.17, 15) is 4.79 Å². The minimum Gasteiger partial charge on any atom is -0.445 e. The Bertz CT molecular complexity index is 912. The van der Waals surface area contributed by atoms with Crippen LogP contribution in [0.4, 0.5) is 4.79 Å². The molecule has 4 rings (SSSR count). The number of hydrogen-bond acceptors (Lipinski definition) is 3. The van der Waals surface area contributed by atoms with Gasteiger partial charge in [-0.1, -0.05) is 72.8 Å². The predicted molar refractivity (Wildman–Crippen MR) is 103 cm³/mol. The van der Waals surface area contributed by atoms with Crippen molar-refractivity contribution in [2.45, 2.75) is 12.1 Å². The lowest BCUT2D eigenvalue weighted by Gasteiger charge is -2.49. The van der Waals surface area contributed by atoms with E-state index in [2.05, 4.69) is 47.6 Å². The van der Waals surface area contributed by atoms with Gasteiger partial charge >= 0.3 is 6.09 Å². The van der Waals surface area contributed by atoms with E-state index < -0.39 is 5.54 Å². The minimum absolute atomic E-state index is 0.272. The van der Waals surface area contributed by atoms with Gasteiger partial charge in [-0.05, 0) is 28.9 Å². The lowest BCUT2D eigenvalue weighted by Crippen LogP contribution is -2.66. The van der Waals surface area contributed by atoms with Gasteiger partial charge in [0.15, 0.2) is 0 Å². The summed E-state index contributed by atoms with van der Waals surface area (Å²) in [7, 11) is 2.06. The van der Waals surface area contributed by atoms with Crippen LogP contribution in [0.5, 0.6) is 0 Å². The first kappa shape index (κ1) is 16.6. The molecule has 26 heavy (non-hydrogen) atoms. The fourth-order valence-corrected chi connectivity index (χ4v) is 3.79. The molecule has 0 radical (unpaired) electrons. The molecule has 4 heteroatoms. The molecule has 0 aliphatic carbocycles. The molecule has 0 atom stereocenters. The van der Waals surface area contributed by atoms with Crippen molar-refractivity contribution in [3.05, 3.63) is 83.9 Å². The number of likely N-dealkylation sites (tertiary alicyclic amines) is 1. The van der Waals surface area contributed by atoms with E-state index in [1.807, 2.05) is 42.5 Å². The van der Waals surface area contributed by atoms with Gasteiger partial charge in [0.05, 0.1) is 5.54 Å². The third-order valence-electron chi connectivity index (χ3n) is 4.94. The van der Waals surface area contributed by atoms with Gasteiger partial charge in [0, 0.05) is 13.1 Å². The Hall–Kier alpha value is -2.85. The number of hydrogen-bond donors (Lipinski definition) is 1. The summed E-state index contributed by atoms with van der Waals surface area (Å²) in [5.41, 5.74) is 1.71. The normalized spacial score (nSPS) is 16.0. The van der Waals surface area contributed by atoms with E-state index in [4.69, 9.17) is 4.74 Å². The van der Waals surface area contributed by atoms with Gasteiger partial charge in [0.25, 0.3) is 0 Å². The van der Waals surface area contributed by atoms with E-state index in [1.165, 1.54) is 10.8 Å². The van der Waals surface area contributed by atoms with Crippen LogP contribution in [-0.4, -0.2) is 31.1 Å². The highest BCUT2D eigenvalue weighted by Gasteiger charge is 2.45. The highest BCUT2D eigenvalue weighted by atomic mass is 16.5. The molecule has 4 nitrogen and oxygen atoms in total. The molecule has 132 valence electrons. The maximum Gasteiger partial charge on any atom is 0.408 e. The SMILES string of the molecule is CN1CC(NC(=O)OCc2ccccc2)(c2cccc3ccccc23)C1. The Balaban J connectivity index is 1.56. The molecule has 1 fully saturated rings. The molecule has 0 aromatic heterocycles. The van der Waals surface area contributed by atoms with Crippen molar-refractivity contribution < 1.29 is 9.53 Å². The number of nitrogens with zero attached hydrogens (tertiary/aromatic N) is 1. The molecule has 1 aliphatic rings. The number of fused-ring (bicyclic) bond motifs is 1. The molecule has 0 bridgehead atoms. The summed E-state index contributed by atoms with van der Waals surface area (Å²) in [4.78, 5) is 14.7. The van der Waals surface area contributed by atoms with E-state index in [0.717, 1.165) is 24.2 Å². The van der Waals surface area contributed by atoms with E-state index in [-0.39, 0.29) is 12.7 Å². The van der Waals surface area contributed by atoms with Crippen LogP contribution in [0.1, 0.15) is 11.1 Å². The summed E-state index contributed by atoms with van der Waals surface area (Å²) < 4.78 is 5.46. The van der Waals surface area contributed by atoms with Gasteiger partial charge in [-0.3, -0.25) is 0 Å². The predicted octanol–water partition coefficient (Wildman–Crippen LogP) is 3.91. The molecule has 3 aromatic carbocycles. The van der Waals surface area contributed by atoms with Crippen LogP contribution in [0.15, 0.2) is 72.8 Å². The molecule has 1 saturated heterocycles. The van der Waals surface area contributed by atoms with Crippen molar-refractivity contribution in [2.24, 2.45) is 0 Å². The van der Waals surface area contributed by atoms with Crippen LogP contribution in [0, 0.1) is 0 Å². The average Bonchev–Trinajstić information content (AvgIpc) is 2.65. The third-order valence-corrected chi connectivity index (χ3v) is 4.94. The molecule has 1 N–H and O–H groups in total. The van der Waals surface area contributed by atoms with Crippen LogP contribution in [-0.2, 0) is 16.9 Å². The highest BCUT2D eigenvalue weighted by Crippen LogP contribution is 2.35. The largest absolute Gasteiger partial charge is 0.445 e. The van der Waals surface area contributed by atoms with Crippen molar-refractivity contribution in [1.29, 1.82) is 0 Å². The van der Waals surface area contributed by atoms with Gasteiger partial charge in [-0.15, -0.1) is 0 Å². The quantitative estimate of drug-likeness (QED) is 0.779. The molecular weight excluding hydrogens is 324 g/mol. The van der Waals surface area contributed by atoms with Crippen molar-refractivity contribution in [3.63, 3.8) is 0 Å². The second kappa shape index (κ2) is 6.81. The zero-order valence-corrected chi connectivity index (χ0v) is 14.8.